The molecule has 5 nitrogen and oxygen atoms in total. The second kappa shape index (κ2) is 7.67. The topological polar surface area (TPSA) is 63.7 Å². The minimum atomic E-state index is -0.862. The van der Waals surface area contributed by atoms with Crippen molar-refractivity contribution < 1.29 is 19.1 Å². The molecule has 3 aromatic carbocycles. The molecule has 0 spiro atoms. The van der Waals surface area contributed by atoms with Gasteiger partial charge in [-0.15, -0.1) is 0 Å². The van der Waals surface area contributed by atoms with E-state index >= 15 is 0 Å². The van der Waals surface area contributed by atoms with Gasteiger partial charge in [0.15, 0.2) is 0 Å². The van der Waals surface area contributed by atoms with Gasteiger partial charge in [-0.1, -0.05) is 66.2 Å². The second-order valence-electron chi connectivity index (χ2n) is 9.00. The van der Waals surface area contributed by atoms with Gasteiger partial charge in [-0.2, -0.15) is 0 Å². The first-order valence-corrected chi connectivity index (χ1v) is 11.5. The van der Waals surface area contributed by atoms with Crippen LogP contribution in [-0.4, -0.2) is 17.8 Å². The number of esters is 1. The lowest BCUT2D eigenvalue weighted by molar-refractivity contribution is -0.142. The van der Waals surface area contributed by atoms with Gasteiger partial charge in [0, 0.05) is 16.5 Å². The number of amides is 2. The lowest BCUT2D eigenvalue weighted by atomic mass is 9.64. The van der Waals surface area contributed by atoms with Gasteiger partial charge in [-0.05, 0) is 47.9 Å². The molecular formula is C28H20ClNO4. The second-order valence-corrected chi connectivity index (χ2v) is 9.44. The molecule has 3 aromatic rings. The number of halogens is 1. The molecule has 0 saturated carbocycles. The molecule has 2 aliphatic heterocycles. The van der Waals surface area contributed by atoms with Gasteiger partial charge >= 0.3 is 5.97 Å². The van der Waals surface area contributed by atoms with Crippen LogP contribution in [-0.2, 0) is 14.4 Å². The van der Waals surface area contributed by atoms with Gasteiger partial charge in [0.1, 0.15) is 5.75 Å². The predicted octanol–water partition coefficient (Wildman–Crippen LogP) is 5.17. The summed E-state index contributed by atoms with van der Waals surface area (Å²) in [5, 5.41) is 0.424. The van der Waals surface area contributed by atoms with Gasteiger partial charge in [-0.25, -0.2) is 4.90 Å². The third-order valence-corrected chi connectivity index (χ3v) is 7.24. The van der Waals surface area contributed by atoms with Crippen molar-refractivity contribution in [2.75, 3.05) is 4.90 Å². The number of rotatable bonds is 2. The van der Waals surface area contributed by atoms with Crippen molar-refractivity contribution in [1.29, 1.82) is 0 Å². The molecule has 2 amide bonds. The van der Waals surface area contributed by atoms with Gasteiger partial charge < -0.3 is 4.74 Å². The number of ether oxygens (including phenoxy) is 1. The molecule has 34 heavy (non-hydrogen) atoms. The quantitative estimate of drug-likeness (QED) is 0.295. The van der Waals surface area contributed by atoms with Crippen molar-refractivity contribution in [1.82, 2.24) is 0 Å². The molecular weight excluding hydrogens is 450 g/mol. The highest BCUT2D eigenvalue weighted by atomic mass is 35.5. The number of fused-ring (bicyclic) bond motifs is 5. The summed E-state index contributed by atoms with van der Waals surface area (Å²) in [6.45, 7) is 1.93. The molecule has 0 bridgehead atoms. The number of carbonyl (C=O) groups is 3. The van der Waals surface area contributed by atoms with Gasteiger partial charge in [0.2, 0.25) is 11.8 Å². The average Bonchev–Trinajstić information content (AvgIpc) is 3.09. The van der Waals surface area contributed by atoms with Crippen molar-refractivity contribution >= 4 is 40.6 Å². The minimum absolute atomic E-state index is 0.330. The van der Waals surface area contributed by atoms with E-state index in [9.17, 15) is 14.4 Å². The van der Waals surface area contributed by atoms with Crippen molar-refractivity contribution in [3.63, 3.8) is 0 Å². The van der Waals surface area contributed by atoms with Gasteiger partial charge in [0.05, 0.1) is 23.4 Å². The number of anilines is 1. The summed E-state index contributed by atoms with van der Waals surface area (Å²) in [5.74, 6) is -3.54. The summed E-state index contributed by atoms with van der Waals surface area (Å²) in [5.41, 5.74) is 3.83. The number of allylic oxidation sites excluding steroid dienone is 1. The maximum atomic E-state index is 13.8. The Balaban J connectivity index is 1.56. The zero-order valence-electron chi connectivity index (χ0n) is 18.3. The van der Waals surface area contributed by atoms with Crippen molar-refractivity contribution in [3.05, 3.63) is 101 Å². The van der Waals surface area contributed by atoms with Crippen LogP contribution >= 0.6 is 11.6 Å². The van der Waals surface area contributed by atoms with E-state index in [4.69, 9.17) is 16.3 Å². The standard InChI is InChI=1S/C28H20ClNO4/c1-15-10-11-19-21-14-20(16-6-3-2-4-7-16)23-25(24(21)28(33)34-22(19)12-15)27(32)30(26(23)31)18-9-5-8-17(29)13-18/h2-14,20,23-25H,1H3/t20-,23+,24-,25-/m1/s1. The van der Waals surface area contributed by atoms with E-state index in [0.29, 0.717) is 16.5 Å². The Morgan fingerprint density at radius 2 is 1.62 bits per heavy atom. The number of nitrogens with zero attached hydrogens (tertiary/aromatic N) is 1. The molecule has 1 aliphatic carbocycles. The third kappa shape index (κ3) is 3.04. The Morgan fingerprint density at radius 1 is 0.853 bits per heavy atom. The monoisotopic (exact) mass is 469 g/mol. The number of aryl methyl sites for hydroxylation is 1. The molecule has 168 valence electrons. The molecule has 6 heteroatoms. The Labute approximate surface area is 201 Å². The summed E-state index contributed by atoms with van der Waals surface area (Å²) in [4.78, 5) is 42.1. The smallest absolute Gasteiger partial charge is 0.319 e. The van der Waals surface area contributed by atoms with E-state index in [1.807, 2.05) is 61.5 Å². The van der Waals surface area contributed by atoms with Crippen LogP contribution in [0.5, 0.6) is 5.75 Å². The minimum Gasteiger partial charge on any atom is -0.425 e. The highest BCUT2D eigenvalue weighted by Gasteiger charge is 2.60. The van der Waals surface area contributed by atoms with Crippen LogP contribution < -0.4 is 9.64 Å². The van der Waals surface area contributed by atoms with Crippen LogP contribution in [0, 0.1) is 24.7 Å². The zero-order valence-corrected chi connectivity index (χ0v) is 19.0. The molecule has 1 saturated heterocycles. The Bertz CT molecular complexity index is 1400. The number of imide groups is 1. The van der Waals surface area contributed by atoms with Crippen molar-refractivity contribution in [2.45, 2.75) is 12.8 Å². The summed E-state index contributed by atoms with van der Waals surface area (Å²) < 4.78 is 5.69. The number of carbonyl (C=O) groups excluding carboxylic acids is 3. The van der Waals surface area contributed by atoms with Crippen LogP contribution in [0.4, 0.5) is 5.69 Å². The van der Waals surface area contributed by atoms with E-state index in [1.165, 1.54) is 4.90 Å². The van der Waals surface area contributed by atoms with Crippen molar-refractivity contribution in [2.24, 2.45) is 17.8 Å². The average molecular weight is 470 g/mol. The fourth-order valence-corrected chi connectivity index (χ4v) is 5.72. The fraction of sp³-hybridized carbons (Fsp3) is 0.179. The number of benzene rings is 3. The van der Waals surface area contributed by atoms with Crippen LogP contribution in [0.3, 0.4) is 0 Å². The van der Waals surface area contributed by atoms with Crippen molar-refractivity contribution in [3.8, 4) is 5.75 Å². The lowest BCUT2D eigenvalue weighted by Crippen LogP contribution is -2.42. The van der Waals surface area contributed by atoms with E-state index in [-0.39, 0.29) is 11.8 Å². The largest absolute Gasteiger partial charge is 0.425 e. The lowest BCUT2D eigenvalue weighted by Gasteiger charge is -2.38. The summed E-state index contributed by atoms with van der Waals surface area (Å²) in [6.07, 6.45) is 1.99. The predicted molar refractivity (Wildman–Crippen MR) is 128 cm³/mol. The summed E-state index contributed by atoms with van der Waals surface area (Å²) in [7, 11) is 0. The third-order valence-electron chi connectivity index (χ3n) is 7.00. The van der Waals surface area contributed by atoms with Crippen LogP contribution in [0.15, 0.2) is 78.9 Å². The molecule has 2 heterocycles. The summed E-state index contributed by atoms with van der Waals surface area (Å²) >= 11 is 6.17. The van der Waals surface area contributed by atoms with Crippen LogP contribution in [0.1, 0.15) is 22.6 Å². The van der Waals surface area contributed by atoms with Gasteiger partial charge in [-0.3, -0.25) is 14.4 Å². The molecule has 0 aromatic heterocycles. The normalized spacial score (nSPS) is 25.3. The Morgan fingerprint density at radius 3 is 2.38 bits per heavy atom. The molecule has 3 aliphatic rings. The van der Waals surface area contributed by atoms with Crippen LogP contribution in [0.25, 0.3) is 5.57 Å². The molecule has 1 fully saturated rings. The fourth-order valence-electron chi connectivity index (χ4n) is 5.54. The van der Waals surface area contributed by atoms with Crippen LogP contribution in [0.2, 0.25) is 5.02 Å². The summed E-state index contributed by atoms with van der Waals surface area (Å²) in [6, 6.07) is 22.0. The van der Waals surface area contributed by atoms with E-state index in [2.05, 4.69) is 0 Å². The zero-order chi connectivity index (χ0) is 23.6. The first-order valence-electron chi connectivity index (χ1n) is 11.2. The first-order chi connectivity index (χ1) is 16.4. The molecule has 0 N–H and O–H groups in total. The molecule has 0 radical (unpaired) electrons. The number of hydrogen-bond donors (Lipinski definition) is 0. The van der Waals surface area contributed by atoms with E-state index in [0.717, 1.165) is 22.3 Å². The molecule has 4 atom stereocenters. The SMILES string of the molecule is Cc1ccc2c(c1)OC(=O)[C@@H]1C2=C[C@H](c2ccccc2)[C@@H]2C(=O)N(c3cccc(Cl)c3)C(=O)[C@@H]12. The van der Waals surface area contributed by atoms with Gasteiger partial charge in [0.25, 0.3) is 0 Å². The molecule has 6 rings (SSSR count). The maximum Gasteiger partial charge on any atom is 0.319 e. The molecule has 0 unspecified atom stereocenters. The van der Waals surface area contributed by atoms with E-state index in [1.54, 1.807) is 24.3 Å². The first kappa shape index (κ1) is 20.9. The Hall–Kier alpha value is -3.70. The highest BCUT2D eigenvalue weighted by molar-refractivity contribution is 6.31. The maximum absolute atomic E-state index is 13.8. The Kier molecular flexibility index (Phi) is 4.71. The number of hydrogen-bond acceptors (Lipinski definition) is 4. The van der Waals surface area contributed by atoms with E-state index < -0.39 is 29.6 Å². The highest BCUT2D eigenvalue weighted by Crippen LogP contribution is 2.54.